The first kappa shape index (κ1) is 15.4. The molecule has 1 aromatic carbocycles. The summed E-state index contributed by atoms with van der Waals surface area (Å²) >= 11 is 5.90. The zero-order valence-electron chi connectivity index (χ0n) is 12.3. The summed E-state index contributed by atoms with van der Waals surface area (Å²) in [6.45, 7) is 5.83. The van der Waals surface area contributed by atoms with Crippen LogP contribution < -0.4 is 5.73 Å². The van der Waals surface area contributed by atoms with Crippen molar-refractivity contribution in [1.29, 1.82) is 0 Å². The fourth-order valence-corrected chi connectivity index (χ4v) is 2.42. The van der Waals surface area contributed by atoms with E-state index in [9.17, 15) is 4.79 Å². The lowest BCUT2D eigenvalue weighted by Crippen LogP contribution is -2.13. The first-order chi connectivity index (χ1) is 9.95. The molecule has 2 rings (SSSR count). The van der Waals surface area contributed by atoms with Crippen molar-refractivity contribution in [2.75, 3.05) is 12.3 Å². The Hall–Kier alpha value is -2.01. The van der Waals surface area contributed by atoms with Crippen LogP contribution in [-0.2, 0) is 4.74 Å². The molecule has 0 spiro atoms. The van der Waals surface area contributed by atoms with Crippen molar-refractivity contribution in [2.45, 2.75) is 26.8 Å². The molecule has 21 heavy (non-hydrogen) atoms. The summed E-state index contributed by atoms with van der Waals surface area (Å²) in [5, 5.41) is 0.675. The molecule has 5 nitrogen and oxygen atoms in total. The highest BCUT2D eigenvalue weighted by molar-refractivity contribution is 6.30. The first-order valence-corrected chi connectivity index (χ1v) is 7.10. The Labute approximate surface area is 128 Å². The molecule has 0 amide bonds. The number of anilines is 1. The molecule has 0 aliphatic rings. The highest BCUT2D eigenvalue weighted by Gasteiger charge is 2.23. The largest absolute Gasteiger partial charge is 0.461 e. The van der Waals surface area contributed by atoms with Gasteiger partial charge in [0.25, 0.3) is 0 Å². The maximum Gasteiger partial charge on any atom is 0.360 e. The van der Waals surface area contributed by atoms with E-state index in [1.54, 1.807) is 6.92 Å². The maximum absolute atomic E-state index is 11.8. The summed E-state index contributed by atoms with van der Waals surface area (Å²) in [4.78, 5) is 16.1. The van der Waals surface area contributed by atoms with Gasteiger partial charge in [-0.25, -0.2) is 9.78 Å². The van der Waals surface area contributed by atoms with Crippen molar-refractivity contribution in [1.82, 2.24) is 9.55 Å². The van der Waals surface area contributed by atoms with E-state index in [0.29, 0.717) is 16.7 Å². The molecule has 0 bridgehead atoms. The average molecular weight is 308 g/mol. The Morgan fingerprint density at radius 3 is 2.62 bits per heavy atom. The third-order valence-electron chi connectivity index (χ3n) is 3.33. The van der Waals surface area contributed by atoms with Crippen molar-refractivity contribution in [3.63, 3.8) is 0 Å². The number of ether oxygens (including phenoxy) is 1. The molecular formula is C15H18ClN3O2. The smallest absolute Gasteiger partial charge is 0.360 e. The van der Waals surface area contributed by atoms with Gasteiger partial charge >= 0.3 is 5.97 Å². The van der Waals surface area contributed by atoms with Crippen LogP contribution in [0.5, 0.6) is 0 Å². The number of aryl methyl sites for hydroxylation is 1. The van der Waals surface area contributed by atoms with Crippen LogP contribution in [0.3, 0.4) is 0 Å². The number of aromatic nitrogens is 2. The lowest BCUT2D eigenvalue weighted by Gasteiger charge is -2.17. The predicted molar refractivity (Wildman–Crippen MR) is 82.6 cm³/mol. The monoisotopic (exact) mass is 307 g/mol. The summed E-state index contributed by atoms with van der Waals surface area (Å²) in [5.74, 6) is 0.478. The van der Waals surface area contributed by atoms with E-state index in [0.717, 1.165) is 5.56 Å². The van der Waals surface area contributed by atoms with Gasteiger partial charge in [-0.05, 0) is 38.5 Å². The fourth-order valence-electron chi connectivity index (χ4n) is 2.29. The van der Waals surface area contributed by atoms with E-state index >= 15 is 0 Å². The fraction of sp³-hybridized carbons (Fsp3) is 0.333. The van der Waals surface area contributed by atoms with Gasteiger partial charge in [-0.1, -0.05) is 23.7 Å². The van der Waals surface area contributed by atoms with E-state index in [1.807, 2.05) is 42.7 Å². The second-order valence-electron chi connectivity index (χ2n) is 4.71. The second kappa shape index (κ2) is 6.18. The van der Waals surface area contributed by atoms with Gasteiger partial charge in [0.15, 0.2) is 5.69 Å². The number of nitrogen functional groups attached to an aromatic ring is 1. The zero-order valence-corrected chi connectivity index (χ0v) is 13.0. The summed E-state index contributed by atoms with van der Waals surface area (Å²) < 4.78 is 6.78. The molecule has 1 atom stereocenters. The topological polar surface area (TPSA) is 70.1 Å². The van der Waals surface area contributed by atoms with Crippen molar-refractivity contribution in [2.24, 2.45) is 0 Å². The van der Waals surface area contributed by atoms with E-state index in [4.69, 9.17) is 22.1 Å². The van der Waals surface area contributed by atoms with Crippen LogP contribution in [0.1, 0.15) is 41.8 Å². The molecule has 2 N–H and O–H groups in total. The van der Waals surface area contributed by atoms with Crippen LogP contribution in [0.15, 0.2) is 24.3 Å². The highest BCUT2D eigenvalue weighted by Crippen LogP contribution is 2.26. The van der Waals surface area contributed by atoms with Crippen LogP contribution >= 0.6 is 11.6 Å². The molecule has 0 aliphatic carbocycles. The maximum atomic E-state index is 11.8. The van der Waals surface area contributed by atoms with Gasteiger partial charge < -0.3 is 15.0 Å². The number of nitrogens with two attached hydrogens (primary N) is 1. The summed E-state index contributed by atoms with van der Waals surface area (Å²) in [6, 6.07) is 7.44. The molecule has 0 radical (unpaired) electrons. The number of esters is 1. The molecule has 0 aliphatic heterocycles. The minimum absolute atomic E-state index is 0.0575. The lowest BCUT2D eigenvalue weighted by molar-refractivity contribution is 0.0521. The number of hydrogen-bond acceptors (Lipinski definition) is 4. The number of hydrogen-bond donors (Lipinski definition) is 1. The molecule has 1 unspecified atom stereocenters. The average Bonchev–Trinajstić information content (AvgIpc) is 2.74. The summed E-state index contributed by atoms with van der Waals surface area (Å²) in [5.41, 5.74) is 7.27. The van der Waals surface area contributed by atoms with Crippen LogP contribution in [0.25, 0.3) is 0 Å². The van der Waals surface area contributed by atoms with Crippen LogP contribution in [-0.4, -0.2) is 22.1 Å². The molecule has 0 fully saturated rings. The molecule has 1 heterocycles. The number of nitrogens with zero attached hydrogens (tertiary/aromatic N) is 2. The number of rotatable bonds is 4. The Kier molecular flexibility index (Phi) is 4.53. The Morgan fingerprint density at radius 1 is 1.43 bits per heavy atom. The van der Waals surface area contributed by atoms with Gasteiger partial charge in [0, 0.05) is 5.02 Å². The third-order valence-corrected chi connectivity index (χ3v) is 3.58. The lowest BCUT2D eigenvalue weighted by atomic mass is 10.1. The van der Waals surface area contributed by atoms with Crippen LogP contribution in [0.4, 0.5) is 5.82 Å². The van der Waals surface area contributed by atoms with Crippen LogP contribution in [0.2, 0.25) is 5.02 Å². The summed E-state index contributed by atoms with van der Waals surface area (Å²) in [7, 11) is 0. The molecule has 0 saturated heterocycles. The van der Waals surface area contributed by atoms with Gasteiger partial charge in [0.2, 0.25) is 0 Å². The van der Waals surface area contributed by atoms with Crippen molar-refractivity contribution in [3.8, 4) is 0 Å². The molecule has 1 aromatic heterocycles. The number of halogens is 1. The highest BCUT2D eigenvalue weighted by atomic mass is 35.5. The van der Waals surface area contributed by atoms with Crippen molar-refractivity contribution in [3.05, 3.63) is 46.4 Å². The molecular weight excluding hydrogens is 290 g/mol. The Morgan fingerprint density at radius 2 is 2.05 bits per heavy atom. The molecule has 6 heteroatoms. The van der Waals surface area contributed by atoms with Crippen LogP contribution in [0, 0.1) is 6.92 Å². The number of carbonyl (C=O) groups excluding carboxylic acids is 1. The third kappa shape index (κ3) is 3.03. The Bertz CT molecular complexity index is 650. The quantitative estimate of drug-likeness (QED) is 0.880. The summed E-state index contributed by atoms with van der Waals surface area (Å²) in [6.07, 6.45) is 0. The number of carbonyl (C=O) groups is 1. The van der Waals surface area contributed by atoms with E-state index in [2.05, 4.69) is 4.98 Å². The Balaban J connectivity index is 2.40. The molecule has 0 saturated carbocycles. The van der Waals surface area contributed by atoms with E-state index in [1.165, 1.54) is 0 Å². The van der Waals surface area contributed by atoms with Gasteiger partial charge in [-0.2, -0.15) is 0 Å². The standard InChI is InChI=1S/C15H18ClN3O2/c1-4-21-15(20)13-14(17)19(10(3)18-13)9(2)11-5-7-12(16)8-6-11/h5-9H,4,17H2,1-3H3. The van der Waals surface area contributed by atoms with Crippen molar-refractivity contribution >= 4 is 23.4 Å². The molecule has 2 aromatic rings. The number of benzene rings is 1. The predicted octanol–water partition coefficient (Wildman–Crippen LogP) is 3.21. The number of imidazole rings is 1. The van der Waals surface area contributed by atoms with Crippen molar-refractivity contribution < 1.29 is 9.53 Å². The minimum atomic E-state index is -0.500. The minimum Gasteiger partial charge on any atom is -0.461 e. The van der Waals surface area contributed by atoms with Gasteiger partial charge in [0.1, 0.15) is 11.6 Å². The second-order valence-corrected chi connectivity index (χ2v) is 5.15. The normalized spacial score (nSPS) is 12.2. The van der Waals surface area contributed by atoms with E-state index in [-0.39, 0.29) is 18.3 Å². The van der Waals surface area contributed by atoms with Gasteiger partial charge in [0.05, 0.1) is 12.6 Å². The SMILES string of the molecule is CCOC(=O)c1nc(C)n(C(C)c2ccc(Cl)cc2)c1N. The van der Waals surface area contributed by atoms with Gasteiger partial charge in [-0.15, -0.1) is 0 Å². The van der Waals surface area contributed by atoms with Gasteiger partial charge in [-0.3, -0.25) is 0 Å². The first-order valence-electron chi connectivity index (χ1n) is 6.72. The molecule has 112 valence electrons. The van der Waals surface area contributed by atoms with E-state index < -0.39 is 5.97 Å². The zero-order chi connectivity index (χ0) is 15.6.